The Morgan fingerprint density at radius 1 is 1.12 bits per heavy atom. The zero-order chi connectivity index (χ0) is 17.1. The van der Waals surface area contributed by atoms with E-state index in [2.05, 4.69) is 39.4 Å². The van der Waals surface area contributed by atoms with Gasteiger partial charge in [-0.15, -0.1) is 4.36 Å². The Hall–Kier alpha value is -2.40. The summed E-state index contributed by atoms with van der Waals surface area (Å²) in [5.41, 5.74) is 3.02. The highest BCUT2D eigenvalue weighted by Crippen LogP contribution is 2.24. The summed E-state index contributed by atoms with van der Waals surface area (Å²) in [6, 6.07) is 14.1. The van der Waals surface area contributed by atoms with Crippen LogP contribution in [0.3, 0.4) is 0 Å². The second-order valence-electron chi connectivity index (χ2n) is 6.79. The van der Waals surface area contributed by atoms with E-state index in [1.807, 2.05) is 35.0 Å². The van der Waals surface area contributed by atoms with E-state index in [0.717, 1.165) is 35.9 Å². The normalized spacial score (nSPS) is 25.4. The van der Waals surface area contributed by atoms with E-state index in [0.29, 0.717) is 12.5 Å². The summed E-state index contributed by atoms with van der Waals surface area (Å²) in [5.74, 6) is 0.316. The highest BCUT2D eigenvalue weighted by atomic mass is 16.3. The smallest absolute Gasteiger partial charge is 0.345 e. The van der Waals surface area contributed by atoms with Crippen LogP contribution in [0.15, 0.2) is 63.8 Å². The van der Waals surface area contributed by atoms with Crippen molar-refractivity contribution in [2.75, 3.05) is 6.54 Å². The van der Waals surface area contributed by atoms with Gasteiger partial charge in [-0.3, -0.25) is 4.99 Å². The van der Waals surface area contributed by atoms with Crippen molar-refractivity contribution in [3.05, 3.63) is 65.3 Å². The molecule has 128 valence electrons. The molecule has 1 aliphatic carbocycles. The van der Waals surface area contributed by atoms with Crippen LogP contribution in [0.5, 0.6) is 0 Å². The highest BCUT2D eigenvalue weighted by Gasteiger charge is 2.22. The van der Waals surface area contributed by atoms with Crippen LogP contribution < -0.4 is 9.85 Å². The summed E-state index contributed by atoms with van der Waals surface area (Å²) in [5, 5.41) is 14.6. The third kappa shape index (κ3) is 3.66. The van der Waals surface area contributed by atoms with Crippen molar-refractivity contribution < 1.29 is 9.47 Å². The van der Waals surface area contributed by atoms with Gasteiger partial charge in [0.05, 0.1) is 6.10 Å². The first kappa shape index (κ1) is 16.1. The van der Waals surface area contributed by atoms with Crippen LogP contribution in [0, 0.1) is 5.92 Å². The SMILES string of the molecule is O[C@@H]1CCCC[C@H]1CN=Cc1ccc(C2N=c3cccc[n+]3=N2)cc1. The molecular weight excluding hydrogens is 312 g/mol. The minimum absolute atomic E-state index is 0.175. The van der Waals surface area contributed by atoms with Crippen molar-refractivity contribution in [2.45, 2.75) is 38.0 Å². The first-order valence-electron chi connectivity index (χ1n) is 9.00. The lowest BCUT2D eigenvalue weighted by Crippen LogP contribution is -2.32. The molecule has 0 bridgehead atoms. The Balaban J connectivity index is 1.41. The highest BCUT2D eigenvalue weighted by molar-refractivity contribution is 5.79. The number of aliphatic hydroxyl groups is 1. The van der Waals surface area contributed by atoms with Gasteiger partial charge in [-0.25, -0.2) is 0 Å². The van der Waals surface area contributed by atoms with Gasteiger partial charge in [0.25, 0.3) is 6.17 Å². The molecule has 1 aromatic heterocycles. The molecule has 1 aromatic carbocycles. The molecule has 4 rings (SSSR count). The number of aliphatic hydroxyl groups excluding tert-OH is 1. The van der Waals surface area contributed by atoms with Crippen LogP contribution in [0.2, 0.25) is 0 Å². The Morgan fingerprint density at radius 2 is 1.96 bits per heavy atom. The van der Waals surface area contributed by atoms with Crippen LogP contribution in [-0.2, 0) is 0 Å². The van der Waals surface area contributed by atoms with Gasteiger partial charge in [0.1, 0.15) is 6.20 Å². The van der Waals surface area contributed by atoms with Gasteiger partial charge in [-0.05, 0) is 29.5 Å². The third-order valence-electron chi connectivity index (χ3n) is 4.99. The van der Waals surface area contributed by atoms with Gasteiger partial charge in [0.2, 0.25) is 0 Å². The monoisotopic (exact) mass is 335 g/mol. The minimum atomic E-state index is -0.182. The number of pyridine rings is 1. The fraction of sp³-hybridized carbons (Fsp3) is 0.400. The summed E-state index contributed by atoms with van der Waals surface area (Å²) in [4.78, 5) is 9.16. The van der Waals surface area contributed by atoms with Gasteiger partial charge >= 0.3 is 5.49 Å². The van der Waals surface area contributed by atoms with Gasteiger partial charge in [-0.1, -0.05) is 48.3 Å². The van der Waals surface area contributed by atoms with Gasteiger partial charge in [-0.2, -0.15) is 0 Å². The quantitative estimate of drug-likeness (QED) is 0.676. The average molecular weight is 335 g/mol. The Bertz CT molecular complexity index is 840. The summed E-state index contributed by atoms with van der Waals surface area (Å²) >= 11 is 0. The number of rotatable bonds is 4. The molecule has 0 spiro atoms. The van der Waals surface area contributed by atoms with Crippen molar-refractivity contribution in [1.29, 1.82) is 0 Å². The molecule has 1 fully saturated rings. The van der Waals surface area contributed by atoms with Gasteiger partial charge in [0, 0.05) is 30.3 Å². The van der Waals surface area contributed by atoms with E-state index >= 15 is 0 Å². The number of hydrogen-bond donors (Lipinski definition) is 1. The predicted molar refractivity (Wildman–Crippen MR) is 95.2 cm³/mol. The van der Waals surface area contributed by atoms with Crippen LogP contribution >= 0.6 is 0 Å². The molecular formula is C20H23N4O+. The first-order chi connectivity index (χ1) is 12.3. The van der Waals surface area contributed by atoms with E-state index in [4.69, 9.17) is 0 Å². The molecule has 5 nitrogen and oxygen atoms in total. The van der Waals surface area contributed by atoms with E-state index in [1.165, 1.54) is 6.42 Å². The van der Waals surface area contributed by atoms with Crippen molar-refractivity contribution in [3.8, 4) is 0 Å². The maximum Gasteiger partial charge on any atom is 0.345 e. The molecule has 0 radical (unpaired) electrons. The average Bonchev–Trinajstić information content (AvgIpc) is 3.08. The number of fused-ring (bicyclic) bond motifs is 1. The molecule has 0 amide bonds. The van der Waals surface area contributed by atoms with E-state index in [-0.39, 0.29) is 12.3 Å². The summed E-state index contributed by atoms with van der Waals surface area (Å²) in [7, 11) is 0. The fourth-order valence-electron chi connectivity index (χ4n) is 3.48. The maximum absolute atomic E-state index is 10.0. The minimum Gasteiger partial charge on any atom is -0.393 e. The number of benzene rings is 1. The molecule has 0 saturated heterocycles. The fourth-order valence-corrected chi connectivity index (χ4v) is 3.48. The third-order valence-corrected chi connectivity index (χ3v) is 4.99. The van der Waals surface area contributed by atoms with Crippen LogP contribution in [0.25, 0.3) is 0 Å². The molecule has 5 heteroatoms. The van der Waals surface area contributed by atoms with Crippen molar-refractivity contribution in [1.82, 2.24) is 0 Å². The Kier molecular flexibility index (Phi) is 4.65. The second kappa shape index (κ2) is 7.23. The zero-order valence-corrected chi connectivity index (χ0v) is 14.2. The van der Waals surface area contributed by atoms with Crippen LogP contribution in [-0.4, -0.2) is 24.0 Å². The molecule has 1 unspecified atom stereocenters. The molecule has 1 saturated carbocycles. The first-order valence-corrected chi connectivity index (χ1v) is 9.00. The van der Waals surface area contributed by atoms with Gasteiger partial charge < -0.3 is 5.11 Å². The molecule has 1 N–H and O–H groups in total. The van der Waals surface area contributed by atoms with Crippen molar-refractivity contribution in [2.24, 2.45) is 21.0 Å². The summed E-state index contributed by atoms with van der Waals surface area (Å²) < 4.78 is 1.81. The van der Waals surface area contributed by atoms with Gasteiger partial charge in [0.15, 0.2) is 0 Å². The Labute approximate surface area is 147 Å². The molecule has 25 heavy (non-hydrogen) atoms. The summed E-state index contributed by atoms with van der Waals surface area (Å²) in [6.07, 6.45) is 7.81. The largest absolute Gasteiger partial charge is 0.393 e. The standard InChI is InChI=1S/C20H23N4O/c25-18-6-2-1-5-17(18)14-21-13-15-8-10-16(11-9-15)20-22-19-7-3-4-12-24(19)23-20/h3-4,7-13,17-18,20,25H,1-2,5-6,14H2/q+1/t17-,18+,20?/m0/s1. The molecule has 1 aliphatic heterocycles. The lowest BCUT2D eigenvalue weighted by Gasteiger charge is -2.25. The summed E-state index contributed by atoms with van der Waals surface area (Å²) in [6.45, 7) is 0.710. The van der Waals surface area contributed by atoms with Crippen LogP contribution in [0.1, 0.15) is 43.0 Å². The molecule has 2 aliphatic rings. The Morgan fingerprint density at radius 3 is 2.76 bits per heavy atom. The maximum atomic E-state index is 10.0. The molecule has 2 heterocycles. The number of aliphatic imine (C=N–C) groups is 1. The molecule has 2 aromatic rings. The zero-order valence-electron chi connectivity index (χ0n) is 14.2. The lowest BCUT2D eigenvalue weighted by molar-refractivity contribution is -0.560. The van der Waals surface area contributed by atoms with E-state index < -0.39 is 0 Å². The van der Waals surface area contributed by atoms with Crippen molar-refractivity contribution in [3.63, 3.8) is 0 Å². The topological polar surface area (TPSA) is 63.2 Å². The van der Waals surface area contributed by atoms with E-state index in [9.17, 15) is 5.11 Å². The van der Waals surface area contributed by atoms with Crippen molar-refractivity contribution >= 4 is 6.21 Å². The predicted octanol–water partition coefficient (Wildman–Crippen LogP) is 2.31. The van der Waals surface area contributed by atoms with E-state index in [1.54, 1.807) is 0 Å². The molecule has 3 atom stereocenters. The number of nitrogens with zero attached hydrogens (tertiary/aromatic N) is 4. The lowest BCUT2D eigenvalue weighted by atomic mass is 9.87. The second-order valence-corrected chi connectivity index (χ2v) is 6.79. The van der Waals surface area contributed by atoms with Crippen LogP contribution in [0.4, 0.5) is 0 Å². The number of hydrogen-bond acceptors (Lipinski definition) is 4. The number of aromatic nitrogens is 1.